The highest BCUT2D eigenvalue weighted by atomic mass is 32.2. The second kappa shape index (κ2) is 13.3. The zero-order chi connectivity index (χ0) is 33.3. The summed E-state index contributed by atoms with van der Waals surface area (Å²) in [5.74, 6) is -0.0593. The highest BCUT2D eigenvalue weighted by molar-refractivity contribution is 7.89. The highest BCUT2D eigenvalue weighted by Crippen LogP contribution is 2.36. The molecule has 0 fully saturated rings. The predicted molar refractivity (Wildman–Crippen MR) is 180 cm³/mol. The molecule has 5 aromatic rings. The summed E-state index contributed by atoms with van der Waals surface area (Å²) in [6, 6.07) is 17.2. The fourth-order valence-corrected chi connectivity index (χ4v) is 7.80. The average Bonchev–Trinajstić information content (AvgIpc) is 3.45. The summed E-state index contributed by atoms with van der Waals surface area (Å²) in [5.41, 5.74) is 8.26. The minimum atomic E-state index is -3.88. The quantitative estimate of drug-likeness (QED) is 0.184. The van der Waals surface area contributed by atoms with Crippen molar-refractivity contribution in [1.29, 1.82) is 0 Å². The Balaban J connectivity index is 1.39. The standard InChI is InChI=1S/C36H40N6O4S/c1-6-30-22-41(47(44,45)34-9-8-16-37-36(34)46-30)21-28-18-27(13-10-23(28)3)32(19-29(43)17-26-12-11-24(4)38-20-26)31-14-15-33-35(25(31)5)39-40-42(33)7-2/h8-16,18,20,30,32H,6-7,17,19,21-22H2,1-5H3/t30-,32+/m1/s1. The number of hydrogen-bond acceptors (Lipinski definition) is 8. The molecule has 1 aliphatic heterocycles. The molecule has 0 radical (unpaired) electrons. The molecular weight excluding hydrogens is 613 g/mol. The van der Waals surface area contributed by atoms with E-state index in [4.69, 9.17) is 4.74 Å². The van der Waals surface area contributed by atoms with E-state index < -0.39 is 10.0 Å². The van der Waals surface area contributed by atoms with Gasteiger partial charge >= 0.3 is 0 Å². The highest BCUT2D eigenvalue weighted by Gasteiger charge is 2.35. The number of ether oxygens (including phenoxy) is 1. The van der Waals surface area contributed by atoms with Gasteiger partial charge in [0.2, 0.25) is 15.9 Å². The van der Waals surface area contributed by atoms with E-state index in [9.17, 15) is 13.2 Å². The topological polar surface area (TPSA) is 120 Å². The number of hydrogen-bond donors (Lipinski definition) is 0. The number of carbonyl (C=O) groups is 1. The number of aromatic nitrogens is 5. The fourth-order valence-electron chi connectivity index (χ4n) is 6.28. The predicted octanol–water partition coefficient (Wildman–Crippen LogP) is 5.86. The van der Waals surface area contributed by atoms with Crippen molar-refractivity contribution in [2.75, 3.05) is 6.54 Å². The van der Waals surface area contributed by atoms with Crippen molar-refractivity contribution >= 4 is 26.8 Å². The maximum Gasteiger partial charge on any atom is 0.248 e. The van der Waals surface area contributed by atoms with Gasteiger partial charge in [0.25, 0.3) is 0 Å². The number of pyridine rings is 2. The van der Waals surface area contributed by atoms with Crippen molar-refractivity contribution in [3.63, 3.8) is 0 Å². The number of aryl methyl sites for hydroxylation is 4. The fraction of sp³-hybridized carbons (Fsp3) is 0.361. The van der Waals surface area contributed by atoms with Crippen LogP contribution in [0.3, 0.4) is 0 Å². The van der Waals surface area contributed by atoms with Crippen LogP contribution in [0.1, 0.15) is 71.7 Å². The van der Waals surface area contributed by atoms with E-state index >= 15 is 0 Å². The van der Waals surface area contributed by atoms with Crippen LogP contribution in [0.5, 0.6) is 5.88 Å². The number of nitrogens with zero attached hydrogens (tertiary/aromatic N) is 6. The lowest BCUT2D eigenvalue weighted by Gasteiger charge is -2.25. The summed E-state index contributed by atoms with van der Waals surface area (Å²) in [5, 5.41) is 8.81. The molecule has 0 saturated carbocycles. The van der Waals surface area contributed by atoms with Gasteiger partial charge in [0.05, 0.1) is 12.1 Å². The van der Waals surface area contributed by atoms with Crippen molar-refractivity contribution in [1.82, 2.24) is 29.3 Å². The Hall–Kier alpha value is -4.48. The lowest BCUT2D eigenvalue weighted by atomic mass is 9.82. The first-order valence-electron chi connectivity index (χ1n) is 16.1. The molecule has 10 nitrogen and oxygen atoms in total. The third-order valence-corrected chi connectivity index (χ3v) is 10.9. The smallest absolute Gasteiger partial charge is 0.248 e. The van der Waals surface area contributed by atoms with Gasteiger partial charge < -0.3 is 4.74 Å². The van der Waals surface area contributed by atoms with Crippen molar-refractivity contribution < 1.29 is 17.9 Å². The number of fused-ring (bicyclic) bond motifs is 2. The van der Waals surface area contributed by atoms with Crippen LogP contribution in [0, 0.1) is 20.8 Å². The van der Waals surface area contributed by atoms with Gasteiger partial charge in [-0.25, -0.2) is 18.1 Å². The third-order valence-electron chi connectivity index (χ3n) is 9.08. The van der Waals surface area contributed by atoms with Crippen molar-refractivity contribution in [2.24, 2.45) is 0 Å². The van der Waals surface area contributed by atoms with Gasteiger partial charge in [0, 0.05) is 49.9 Å². The Morgan fingerprint density at radius 3 is 2.62 bits per heavy atom. The molecular formula is C36H40N6O4S. The molecule has 11 heteroatoms. The molecule has 3 aromatic heterocycles. The first-order valence-corrected chi connectivity index (χ1v) is 17.5. The van der Waals surface area contributed by atoms with Gasteiger partial charge in [0.15, 0.2) is 0 Å². The molecule has 4 heterocycles. The van der Waals surface area contributed by atoms with Crippen molar-refractivity contribution in [3.05, 3.63) is 106 Å². The van der Waals surface area contributed by atoms with Gasteiger partial charge in [0.1, 0.15) is 22.3 Å². The maximum absolute atomic E-state index is 13.9. The molecule has 2 atom stereocenters. The summed E-state index contributed by atoms with van der Waals surface area (Å²) < 4.78 is 37.2. The van der Waals surface area contributed by atoms with E-state index in [0.717, 1.165) is 50.1 Å². The van der Waals surface area contributed by atoms with Crippen LogP contribution in [-0.2, 0) is 34.3 Å². The molecule has 0 N–H and O–H groups in total. The molecule has 0 aliphatic carbocycles. The molecule has 0 unspecified atom stereocenters. The minimum absolute atomic E-state index is 0.0721. The Kier molecular flexibility index (Phi) is 9.20. The number of Topliss-reactive ketones (excluding diaryl/α,β-unsaturated/α-hetero) is 1. The maximum atomic E-state index is 13.9. The molecule has 6 rings (SSSR count). The van der Waals surface area contributed by atoms with Crippen LogP contribution in [0.4, 0.5) is 0 Å². The van der Waals surface area contributed by atoms with Crippen LogP contribution in [0.15, 0.2) is 71.9 Å². The molecule has 1 aliphatic rings. The SMILES string of the molecule is CC[C@@H]1CN(Cc2cc([C@H](CC(=O)Cc3ccc(C)nc3)c3ccc4c(nnn4CC)c3C)ccc2C)S(=O)(=O)c2cccnc2O1. The van der Waals surface area contributed by atoms with Gasteiger partial charge in [-0.05, 0) is 91.8 Å². The summed E-state index contributed by atoms with van der Waals surface area (Å²) in [6.07, 6.45) is 4.13. The van der Waals surface area contributed by atoms with E-state index in [0.29, 0.717) is 13.0 Å². The Bertz CT molecular complexity index is 2040. The second-order valence-corrected chi connectivity index (χ2v) is 14.2. The Morgan fingerprint density at radius 1 is 1.04 bits per heavy atom. The first-order chi connectivity index (χ1) is 22.6. The Morgan fingerprint density at radius 2 is 1.87 bits per heavy atom. The van der Waals surface area contributed by atoms with Crippen LogP contribution < -0.4 is 4.74 Å². The van der Waals surface area contributed by atoms with Crippen LogP contribution in [0.2, 0.25) is 0 Å². The van der Waals surface area contributed by atoms with Gasteiger partial charge in [-0.15, -0.1) is 5.10 Å². The van der Waals surface area contributed by atoms with E-state index in [-0.39, 0.29) is 54.5 Å². The molecule has 2 aromatic carbocycles. The minimum Gasteiger partial charge on any atom is -0.472 e. The van der Waals surface area contributed by atoms with Gasteiger partial charge in [-0.1, -0.05) is 42.5 Å². The monoisotopic (exact) mass is 652 g/mol. The number of rotatable bonds is 10. The molecule has 47 heavy (non-hydrogen) atoms. The van der Waals surface area contributed by atoms with E-state index in [1.807, 2.05) is 69.6 Å². The molecule has 0 amide bonds. The summed E-state index contributed by atoms with van der Waals surface area (Å²) in [6.45, 7) is 11.0. The van der Waals surface area contributed by atoms with E-state index in [1.54, 1.807) is 24.5 Å². The zero-order valence-corrected chi connectivity index (χ0v) is 28.3. The zero-order valence-electron chi connectivity index (χ0n) is 27.5. The molecule has 0 spiro atoms. The van der Waals surface area contributed by atoms with Crippen LogP contribution >= 0.6 is 0 Å². The number of carbonyl (C=O) groups excluding carboxylic acids is 1. The third kappa shape index (κ3) is 6.55. The molecule has 244 valence electrons. The van der Waals surface area contributed by atoms with Crippen LogP contribution in [0.25, 0.3) is 11.0 Å². The number of ketones is 1. The normalized spacial score (nSPS) is 16.7. The van der Waals surface area contributed by atoms with Crippen LogP contribution in [-0.4, -0.2) is 56.1 Å². The summed E-state index contributed by atoms with van der Waals surface area (Å²) >= 11 is 0. The average molecular weight is 653 g/mol. The van der Waals surface area contributed by atoms with E-state index in [1.165, 1.54) is 4.31 Å². The number of sulfonamides is 1. The van der Waals surface area contributed by atoms with Gasteiger partial charge in [-0.3, -0.25) is 9.78 Å². The molecule has 0 saturated heterocycles. The lowest BCUT2D eigenvalue weighted by molar-refractivity contribution is -0.118. The largest absolute Gasteiger partial charge is 0.472 e. The van der Waals surface area contributed by atoms with Crippen molar-refractivity contribution in [2.45, 2.75) is 83.9 Å². The second-order valence-electron chi connectivity index (χ2n) is 12.3. The van der Waals surface area contributed by atoms with Crippen molar-refractivity contribution in [3.8, 4) is 5.88 Å². The number of benzene rings is 2. The first kappa shape index (κ1) is 32.5. The Labute approximate surface area is 275 Å². The lowest BCUT2D eigenvalue weighted by Crippen LogP contribution is -2.36. The van der Waals surface area contributed by atoms with Gasteiger partial charge in [-0.2, -0.15) is 4.31 Å². The summed E-state index contributed by atoms with van der Waals surface area (Å²) in [7, 11) is -3.88. The summed E-state index contributed by atoms with van der Waals surface area (Å²) in [4.78, 5) is 22.4. The van der Waals surface area contributed by atoms with E-state index in [2.05, 4.69) is 32.4 Å². The molecule has 0 bridgehead atoms.